The average Bonchev–Trinajstić information content (AvgIpc) is 2.81. The normalized spacial score (nSPS) is 10.9. The molecule has 0 fully saturated rings. The number of aromatic nitrogens is 2. The molecule has 0 aliphatic heterocycles. The van der Waals surface area contributed by atoms with Crippen LogP contribution in [0.4, 0.5) is 0 Å². The van der Waals surface area contributed by atoms with Crippen LogP contribution in [0.2, 0.25) is 5.02 Å². The molecule has 0 unspecified atom stereocenters. The number of hydrogen-bond acceptors (Lipinski definition) is 2. The number of nitrogens with zero attached hydrogens (tertiary/aromatic N) is 2. The number of carbonyl (C=O) groups is 1. The number of imidazole rings is 1. The third-order valence-electron chi connectivity index (χ3n) is 2.41. The van der Waals surface area contributed by atoms with E-state index in [2.05, 4.69) is 4.98 Å². The molecule has 92 valence electrons. The number of benzene rings is 1. The topological polar surface area (TPSA) is 55.1 Å². The van der Waals surface area contributed by atoms with Gasteiger partial charge in [0, 0.05) is 18.9 Å². The molecule has 0 saturated heterocycles. The maximum Gasteiger partial charge on any atom is 0.337 e. The molecule has 1 aromatic carbocycles. The Kier molecular flexibility index (Phi) is 3.79. The van der Waals surface area contributed by atoms with Crippen LogP contribution in [0.25, 0.3) is 6.08 Å². The highest BCUT2D eigenvalue weighted by atomic mass is 35.5. The lowest BCUT2D eigenvalue weighted by molar-refractivity contribution is 0.0697. The lowest BCUT2D eigenvalue weighted by Gasteiger charge is -2.00. The summed E-state index contributed by atoms with van der Waals surface area (Å²) >= 11 is 5.87. The smallest absolute Gasteiger partial charge is 0.337 e. The monoisotopic (exact) mass is 262 g/mol. The van der Waals surface area contributed by atoms with Crippen LogP contribution in [0.3, 0.4) is 0 Å². The zero-order valence-corrected chi connectivity index (χ0v) is 10.2. The molecule has 18 heavy (non-hydrogen) atoms. The highest BCUT2D eigenvalue weighted by molar-refractivity contribution is 6.33. The van der Waals surface area contributed by atoms with Crippen LogP contribution in [-0.4, -0.2) is 20.6 Å². The minimum absolute atomic E-state index is 0.114. The van der Waals surface area contributed by atoms with Gasteiger partial charge in [-0.1, -0.05) is 29.8 Å². The Hall–Kier alpha value is -2.07. The summed E-state index contributed by atoms with van der Waals surface area (Å²) in [6.07, 6.45) is 9.15. The number of carboxylic acids is 1. The molecule has 5 heteroatoms. The van der Waals surface area contributed by atoms with Gasteiger partial charge in [0.05, 0.1) is 16.9 Å². The Labute approximate surface area is 109 Å². The van der Waals surface area contributed by atoms with Gasteiger partial charge in [0.25, 0.3) is 0 Å². The first-order chi connectivity index (χ1) is 8.66. The predicted octanol–water partition coefficient (Wildman–Crippen LogP) is 2.95. The van der Waals surface area contributed by atoms with Crippen molar-refractivity contribution >= 4 is 23.6 Å². The van der Waals surface area contributed by atoms with E-state index in [0.29, 0.717) is 6.54 Å². The molecule has 2 rings (SSSR count). The van der Waals surface area contributed by atoms with Crippen molar-refractivity contribution in [2.24, 2.45) is 0 Å². The first kappa shape index (κ1) is 12.4. The van der Waals surface area contributed by atoms with Gasteiger partial charge in [-0.15, -0.1) is 0 Å². The van der Waals surface area contributed by atoms with Crippen molar-refractivity contribution in [3.8, 4) is 0 Å². The van der Waals surface area contributed by atoms with Gasteiger partial charge < -0.3 is 9.67 Å². The van der Waals surface area contributed by atoms with E-state index in [1.807, 2.05) is 22.9 Å². The fourth-order valence-electron chi connectivity index (χ4n) is 1.51. The van der Waals surface area contributed by atoms with Gasteiger partial charge in [0.1, 0.15) is 0 Å². The first-order valence-corrected chi connectivity index (χ1v) is 5.70. The van der Waals surface area contributed by atoms with Crippen LogP contribution in [0.15, 0.2) is 43.0 Å². The van der Waals surface area contributed by atoms with Gasteiger partial charge in [-0.05, 0) is 17.7 Å². The molecule has 4 nitrogen and oxygen atoms in total. The lowest BCUT2D eigenvalue weighted by Crippen LogP contribution is -1.97. The summed E-state index contributed by atoms with van der Waals surface area (Å²) in [6, 6.07) is 4.86. The van der Waals surface area contributed by atoms with Gasteiger partial charge in [-0.25, -0.2) is 9.78 Å². The molecule has 2 aromatic rings. The summed E-state index contributed by atoms with van der Waals surface area (Å²) in [4.78, 5) is 14.7. The van der Waals surface area contributed by atoms with Crippen molar-refractivity contribution in [1.29, 1.82) is 0 Å². The van der Waals surface area contributed by atoms with Crippen LogP contribution in [0.1, 0.15) is 15.9 Å². The Morgan fingerprint density at radius 3 is 2.94 bits per heavy atom. The first-order valence-electron chi connectivity index (χ1n) is 5.32. The molecule has 0 saturated carbocycles. The second-order valence-electron chi connectivity index (χ2n) is 3.71. The number of aromatic carboxylic acids is 1. The Bertz CT molecular complexity index is 577. The van der Waals surface area contributed by atoms with Crippen molar-refractivity contribution < 1.29 is 9.90 Å². The molecule has 0 aliphatic rings. The van der Waals surface area contributed by atoms with Crippen molar-refractivity contribution in [2.45, 2.75) is 6.54 Å². The van der Waals surface area contributed by atoms with Crippen molar-refractivity contribution in [2.75, 3.05) is 0 Å². The Balaban J connectivity index is 2.08. The number of rotatable bonds is 4. The van der Waals surface area contributed by atoms with E-state index in [1.165, 1.54) is 6.07 Å². The highest BCUT2D eigenvalue weighted by Crippen LogP contribution is 2.18. The number of halogens is 1. The highest BCUT2D eigenvalue weighted by Gasteiger charge is 2.07. The Morgan fingerprint density at radius 2 is 2.33 bits per heavy atom. The lowest BCUT2D eigenvalue weighted by atomic mass is 10.1. The van der Waals surface area contributed by atoms with Crippen LogP contribution in [0.5, 0.6) is 0 Å². The van der Waals surface area contributed by atoms with Gasteiger partial charge in [-0.2, -0.15) is 0 Å². The summed E-state index contributed by atoms with van der Waals surface area (Å²) in [6.45, 7) is 0.707. The van der Waals surface area contributed by atoms with Crippen LogP contribution >= 0.6 is 11.6 Å². The number of hydrogen-bond donors (Lipinski definition) is 1. The van der Waals surface area contributed by atoms with Gasteiger partial charge in [0.15, 0.2) is 0 Å². The van der Waals surface area contributed by atoms with E-state index >= 15 is 0 Å². The largest absolute Gasteiger partial charge is 0.478 e. The van der Waals surface area contributed by atoms with E-state index in [-0.39, 0.29) is 10.6 Å². The molecule has 1 heterocycles. The summed E-state index contributed by atoms with van der Waals surface area (Å²) < 4.78 is 1.92. The second kappa shape index (κ2) is 5.51. The van der Waals surface area contributed by atoms with Gasteiger partial charge in [0.2, 0.25) is 0 Å². The molecule has 0 atom stereocenters. The molecular formula is C13H11ClN2O2. The summed E-state index contributed by atoms with van der Waals surface area (Å²) in [7, 11) is 0. The van der Waals surface area contributed by atoms with Crippen molar-refractivity contribution in [3.05, 3.63) is 59.1 Å². The summed E-state index contributed by atoms with van der Waals surface area (Å²) in [5, 5.41) is 9.09. The third-order valence-corrected chi connectivity index (χ3v) is 2.72. The molecule has 0 amide bonds. The van der Waals surface area contributed by atoms with E-state index < -0.39 is 5.97 Å². The minimum Gasteiger partial charge on any atom is -0.478 e. The molecule has 1 N–H and O–H groups in total. The van der Waals surface area contributed by atoms with Gasteiger partial charge in [-0.3, -0.25) is 0 Å². The molecule has 0 spiro atoms. The molecule has 0 bridgehead atoms. The van der Waals surface area contributed by atoms with Gasteiger partial charge >= 0.3 is 5.97 Å². The summed E-state index contributed by atoms with van der Waals surface area (Å²) in [5.74, 6) is -1.02. The second-order valence-corrected chi connectivity index (χ2v) is 4.11. The molecule has 1 aromatic heterocycles. The molecular weight excluding hydrogens is 252 g/mol. The predicted molar refractivity (Wildman–Crippen MR) is 69.7 cm³/mol. The quantitative estimate of drug-likeness (QED) is 0.922. The molecule has 0 radical (unpaired) electrons. The van der Waals surface area contributed by atoms with Crippen molar-refractivity contribution in [1.82, 2.24) is 9.55 Å². The van der Waals surface area contributed by atoms with E-state index in [4.69, 9.17) is 16.7 Å². The number of allylic oxidation sites excluding steroid dienone is 1. The van der Waals surface area contributed by atoms with E-state index in [1.54, 1.807) is 24.7 Å². The van der Waals surface area contributed by atoms with E-state index in [9.17, 15) is 4.79 Å². The zero-order chi connectivity index (χ0) is 13.0. The fourth-order valence-corrected chi connectivity index (χ4v) is 1.78. The summed E-state index contributed by atoms with van der Waals surface area (Å²) in [5.41, 5.74) is 0.980. The molecule has 0 aliphatic carbocycles. The maximum atomic E-state index is 10.8. The third kappa shape index (κ3) is 2.99. The van der Waals surface area contributed by atoms with Crippen molar-refractivity contribution in [3.63, 3.8) is 0 Å². The van der Waals surface area contributed by atoms with Crippen LogP contribution < -0.4 is 0 Å². The zero-order valence-electron chi connectivity index (χ0n) is 9.45. The van der Waals surface area contributed by atoms with Crippen LogP contribution in [0, 0.1) is 0 Å². The standard InChI is InChI=1S/C13H11ClN2O2/c14-12-8-10(3-4-11(12)13(17)18)2-1-6-16-7-5-15-9-16/h1-5,7-9H,6H2,(H,17,18)/b2-1+. The average molecular weight is 263 g/mol. The SMILES string of the molecule is O=C(O)c1ccc(/C=C/Cn2ccnc2)cc1Cl. The Morgan fingerprint density at radius 1 is 1.50 bits per heavy atom. The fraction of sp³-hybridized carbons (Fsp3) is 0.0769. The minimum atomic E-state index is -1.02. The van der Waals surface area contributed by atoms with E-state index in [0.717, 1.165) is 5.56 Å². The van der Waals surface area contributed by atoms with Crippen LogP contribution in [-0.2, 0) is 6.54 Å². The number of carboxylic acid groups (broad SMARTS) is 1. The maximum absolute atomic E-state index is 10.8.